The molecule has 268 valence electrons. The van der Waals surface area contributed by atoms with Crippen molar-refractivity contribution >= 4 is 30.5 Å². The molecule has 1 fully saturated rings. The highest BCUT2D eigenvalue weighted by Gasteiger charge is 2.43. The van der Waals surface area contributed by atoms with Crippen LogP contribution in [-0.4, -0.2) is 65.2 Å². The monoisotopic (exact) mass is 676 g/mol. The molecule has 2 amide bonds. The first-order valence-corrected chi connectivity index (χ1v) is 17.9. The van der Waals surface area contributed by atoms with Gasteiger partial charge < -0.3 is 32.1 Å². The number of unbranched alkanes of at least 4 members (excludes halogenated alkanes) is 1. The van der Waals surface area contributed by atoms with Crippen LogP contribution in [0.3, 0.4) is 0 Å². The van der Waals surface area contributed by atoms with Gasteiger partial charge in [-0.1, -0.05) is 81.4 Å². The van der Waals surface area contributed by atoms with Crippen molar-refractivity contribution in [1.82, 2.24) is 10.6 Å². The quantitative estimate of drug-likeness (QED) is 0.0909. The minimum Gasteiger partial charge on any atom is -0.427 e. The Hall–Kier alpha value is -3.38. The highest BCUT2D eigenvalue weighted by atomic mass is 16.4. The number of nitrogens with one attached hydrogen (secondary N) is 2. The lowest BCUT2D eigenvalue weighted by atomic mass is 9.51. The largest absolute Gasteiger partial charge is 0.457 e. The summed E-state index contributed by atoms with van der Waals surface area (Å²) >= 11 is 0. The third kappa shape index (κ3) is 12.8. The van der Waals surface area contributed by atoms with Gasteiger partial charge in [-0.3, -0.25) is 19.2 Å². The van der Waals surface area contributed by atoms with E-state index in [1.165, 1.54) is 0 Å². The van der Waals surface area contributed by atoms with Gasteiger partial charge in [0.25, 0.3) is 0 Å². The van der Waals surface area contributed by atoms with E-state index in [0.29, 0.717) is 64.3 Å². The molecular weight excluding hydrogens is 619 g/mol. The lowest BCUT2D eigenvalue weighted by Gasteiger charge is -2.37. The van der Waals surface area contributed by atoms with E-state index in [9.17, 15) is 29.2 Å². The van der Waals surface area contributed by atoms with Crippen LogP contribution < -0.4 is 22.1 Å². The second-order valence-electron chi connectivity index (χ2n) is 14.6. The van der Waals surface area contributed by atoms with Crippen LogP contribution in [0.5, 0.6) is 0 Å². The Bertz CT molecular complexity index is 1330. The fourth-order valence-corrected chi connectivity index (χ4v) is 6.74. The Labute approximate surface area is 292 Å². The number of carbonyl (C=O) groups is 4. The zero-order valence-corrected chi connectivity index (χ0v) is 29.5. The van der Waals surface area contributed by atoms with Crippen molar-refractivity contribution < 1.29 is 29.2 Å². The Morgan fingerprint density at radius 1 is 0.857 bits per heavy atom. The lowest BCUT2D eigenvalue weighted by Crippen LogP contribution is -2.51. The molecule has 0 aromatic heterocycles. The summed E-state index contributed by atoms with van der Waals surface area (Å²) in [4.78, 5) is 55.0. The second kappa shape index (κ2) is 19.7. The van der Waals surface area contributed by atoms with Gasteiger partial charge in [-0.25, -0.2) is 0 Å². The number of benzene rings is 2. The van der Waals surface area contributed by atoms with Crippen LogP contribution in [0.1, 0.15) is 89.7 Å². The van der Waals surface area contributed by atoms with Crippen molar-refractivity contribution in [1.29, 1.82) is 0 Å². The molecule has 8 N–H and O–H groups in total. The molecular formula is C38H57BN4O6. The van der Waals surface area contributed by atoms with Crippen LogP contribution >= 0.6 is 0 Å². The van der Waals surface area contributed by atoms with E-state index < -0.39 is 42.4 Å². The van der Waals surface area contributed by atoms with Crippen LogP contribution in [-0.2, 0) is 32.0 Å². The summed E-state index contributed by atoms with van der Waals surface area (Å²) in [7, 11) is -1.45. The van der Waals surface area contributed by atoms with Gasteiger partial charge in [0.15, 0.2) is 11.6 Å². The maximum absolute atomic E-state index is 14.0. The molecule has 0 saturated heterocycles. The van der Waals surface area contributed by atoms with Crippen molar-refractivity contribution in [3.63, 3.8) is 0 Å². The molecule has 4 atom stereocenters. The summed E-state index contributed by atoms with van der Waals surface area (Å²) in [5.74, 6) is -2.04. The maximum atomic E-state index is 14.0. The van der Waals surface area contributed by atoms with Crippen molar-refractivity contribution in [2.45, 2.75) is 115 Å². The van der Waals surface area contributed by atoms with Crippen molar-refractivity contribution in [3.05, 3.63) is 71.8 Å². The smallest absolute Gasteiger partial charge is 0.427 e. The standard InChI is InChI=1S/C38H57BN4O6/c1-26(2)22-30(36(46)42-32(16-10-11-21-40)35(45)29-17-19-38(3,20-18-29)39(48)49)25-34(44)33(24-28-14-8-5-9-15-28)43-37(47)31(41)23-27-12-6-4-7-13-27/h4-9,12-15,26,29-33,48-49H,10-11,16-25,40-41H2,1-3H3,(H,42,46)(H,43,47)/t29?,30-,31+,32+,33+,38?/m0/s1. The van der Waals surface area contributed by atoms with Gasteiger partial charge in [0, 0.05) is 23.6 Å². The zero-order valence-electron chi connectivity index (χ0n) is 29.5. The number of ketones is 2. The van der Waals surface area contributed by atoms with Gasteiger partial charge in [-0.2, -0.15) is 0 Å². The molecule has 0 radical (unpaired) electrons. The molecule has 0 unspecified atom stereocenters. The molecule has 2 aromatic carbocycles. The number of nitrogens with two attached hydrogens (primary N) is 2. The van der Waals surface area contributed by atoms with Gasteiger partial charge in [-0.05, 0) is 87.8 Å². The third-order valence-electron chi connectivity index (χ3n) is 9.96. The van der Waals surface area contributed by atoms with Crippen molar-refractivity contribution in [2.75, 3.05) is 6.54 Å². The van der Waals surface area contributed by atoms with Crippen LogP contribution in [0.2, 0.25) is 5.31 Å². The minimum absolute atomic E-state index is 0.0592. The average molecular weight is 677 g/mol. The lowest BCUT2D eigenvalue weighted by molar-refractivity contribution is -0.135. The van der Waals surface area contributed by atoms with Crippen LogP contribution in [0.4, 0.5) is 0 Å². The van der Waals surface area contributed by atoms with Crippen molar-refractivity contribution in [2.24, 2.45) is 29.2 Å². The predicted molar refractivity (Wildman–Crippen MR) is 193 cm³/mol. The first-order chi connectivity index (χ1) is 23.3. The number of Topliss-reactive ketones (excluding diaryl/α,β-unsaturated/α-hetero) is 2. The highest BCUT2D eigenvalue weighted by Crippen LogP contribution is 2.46. The minimum atomic E-state index is -1.45. The molecule has 49 heavy (non-hydrogen) atoms. The van der Waals surface area contributed by atoms with E-state index in [1.807, 2.05) is 81.4 Å². The first kappa shape index (κ1) is 40.1. The number of rotatable bonds is 20. The van der Waals surface area contributed by atoms with Gasteiger partial charge >= 0.3 is 7.12 Å². The number of carbonyl (C=O) groups excluding carboxylic acids is 4. The molecule has 11 heteroatoms. The summed E-state index contributed by atoms with van der Waals surface area (Å²) in [6.07, 6.45) is 4.72. The summed E-state index contributed by atoms with van der Waals surface area (Å²) in [6, 6.07) is 16.4. The molecule has 1 aliphatic carbocycles. The summed E-state index contributed by atoms with van der Waals surface area (Å²) in [6.45, 7) is 6.25. The molecule has 0 heterocycles. The van der Waals surface area contributed by atoms with Gasteiger partial charge in [0.2, 0.25) is 11.8 Å². The fourth-order valence-electron chi connectivity index (χ4n) is 6.74. The van der Waals surface area contributed by atoms with Crippen LogP contribution in [0, 0.1) is 17.8 Å². The van der Waals surface area contributed by atoms with Gasteiger partial charge in [-0.15, -0.1) is 0 Å². The molecule has 1 aliphatic rings. The topological polar surface area (TPSA) is 185 Å². The SMILES string of the molecule is CC(C)C[C@@H](CC(=O)[C@@H](Cc1ccccc1)NC(=O)[C@H](N)Cc1ccccc1)C(=O)N[C@H](CCCCN)C(=O)C1CCC(C)(B(O)O)CC1. The molecule has 0 bridgehead atoms. The second-order valence-corrected chi connectivity index (χ2v) is 14.6. The van der Waals surface area contributed by atoms with E-state index in [1.54, 1.807) is 0 Å². The number of amides is 2. The van der Waals surface area contributed by atoms with Crippen molar-refractivity contribution in [3.8, 4) is 0 Å². The molecule has 3 rings (SSSR count). The van der Waals surface area contributed by atoms with Gasteiger partial charge in [0.1, 0.15) is 0 Å². The Balaban J connectivity index is 1.76. The summed E-state index contributed by atoms with van der Waals surface area (Å²) < 4.78 is 0. The Morgan fingerprint density at radius 3 is 1.94 bits per heavy atom. The first-order valence-electron chi connectivity index (χ1n) is 17.9. The molecule has 0 aliphatic heterocycles. The average Bonchev–Trinajstić information content (AvgIpc) is 3.07. The van der Waals surface area contributed by atoms with E-state index >= 15 is 0 Å². The molecule has 2 aromatic rings. The number of hydrogen-bond donors (Lipinski definition) is 6. The third-order valence-corrected chi connectivity index (χ3v) is 9.96. The highest BCUT2D eigenvalue weighted by molar-refractivity contribution is 6.45. The van der Waals surface area contributed by atoms with Crippen LogP contribution in [0.15, 0.2) is 60.7 Å². The van der Waals surface area contributed by atoms with Crippen LogP contribution in [0.25, 0.3) is 0 Å². The van der Waals surface area contributed by atoms with E-state index in [0.717, 1.165) is 11.1 Å². The normalized spacial score (nSPS) is 20.1. The summed E-state index contributed by atoms with van der Waals surface area (Å²) in [5, 5.41) is 24.9. The predicted octanol–water partition coefficient (Wildman–Crippen LogP) is 3.51. The van der Waals surface area contributed by atoms with E-state index in [2.05, 4.69) is 10.6 Å². The van der Waals surface area contributed by atoms with Gasteiger partial charge in [0.05, 0.1) is 18.1 Å². The Morgan fingerprint density at radius 2 is 1.41 bits per heavy atom. The molecule has 0 spiro atoms. The molecule has 1 saturated carbocycles. The van der Waals surface area contributed by atoms with E-state index in [-0.39, 0.29) is 42.2 Å². The number of hydrogen-bond acceptors (Lipinski definition) is 8. The Kier molecular flexibility index (Phi) is 16.1. The maximum Gasteiger partial charge on any atom is 0.457 e. The fraction of sp³-hybridized carbons (Fsp3) is 0.579. The summed E-state index contributed by atoms with van der Waals surface area (Å²) in [5.41, 5.74) is 13.8. The zero-order chi connectivity index (χ0) is 36.0. The molecule has 10 nitrogen and oxygen atoms in total. The van der Waals surface area contributed by atoms with E-state index in [4.69, 9.17) is 11.5 Å².